The van der Waals surface area contributed by atoms with Gasteiger partial charge in [0.15, 0.2) is 0 Å². The molecule has 2 aromatic carbocycles. The summed E-state index contributed by atoms with van der Waals surface area (Å²) in [5.41, 5.74) is 8.78. The summed E-state index contributed by atoms with van der Waals surface area (Å²) in [5.74, 6) is 1.00. The van der Waals surface area contributed by atoms with Crippen molar-refractivity contribution >= 4 is 11.7 Å². The smallest absolute Gasteiger partial charge is 0.308 e. The zero-order valence-corrected chi connectivity index (χ0v) is 20.2. The number of likely N-dealkylation sites (tertiary alicyclic amines) is 1. The van der Waals surface area contributed by atoms with E-state index < -0.39 is 5.97 Å². The summed E-state index contributed by atoms with van der Waals surface area (Å²) in [4.78, 5) is 21.6. The van der Waals surface area contributed by atoms with Gasteiger partial charge in [-0.15, -0.1) is 0 Å². The SMILES string of the molecule is CC1=NC2=CC(c3cccc(-c4ccccc4)c3)NN2C(N2C3CCC2CN(C)C3)=C1CC(=O)O. The Labute approximate surface area is 206 Å². The van der Waals surface area contributed by atoms with Gasteiger partial charge in [0, 0.05) is 36.5 Å². The summed E-state index contributed by atoms with van der Waals surface area (Å²) < 4.78 is 0. The van der Waals surface area contributed by atoms with Crippen LogP contribution in [0.25, 0.3) is 11.1 Å². The number of aliphatic carboxylic acids is 1. The molecule has 0 amide bonds. The number of nitrogens with zero attached hydrogens (tertiary/aromatic N) is 4. The molecule has 2 bridgehead atoms. The van der Waals surface area contributed by atoms with Crippen LogP contribution >= 0.6 is 0 Å². The first-order valence-corrected chi connectivity index (χ1v) is 12.4. The number of likely N-dealkylation sites (N-methyl/N-ethyl adjacent to an activating group) is 1. The van der Waals surface area contributed by atoms with Crippen molar-refractivity contribution in [2.45, 2.75) is 44.3 Å². The van der Waals surface area contributed by atoms with Crippen LogP contribution in [0.3, 0.4) is 0 Å². The van der Waals surface area contributed by atoms with Gasteiger partial charge in [0.2, 0.25) is 0 Å². The second kappa shape index (κ2) is 8.66. The highest BCUT2D eigenvalue weighted by molar-refractivity contribution is 6.03. The first-order chi connectivity index (χ1) is 17.0. The van der Waals surface area contributed by atoms with Crippen molar-refractivity contribution in [3.05, 3.63) is 83.5 Å². The lowest BCUT2D eigenvalue weighted by Crippen LogP contribution is -2.56. The molecule has 2 N–H and O–H groups in total. The fourth-order valence-electron chi connectivity index (χ4n) is 6.06. The molecule has 4 aliphatic heterocycles. The summed E-state index contributed by atoms with van der Waals surface area (Å²) in [6.07, 6.45) is 4.38. The third-order valence-corrected chi connectivity index (χ3v) is 7.60. The highest BCUT2D eigenvalue weighted by atomic mass is 16.4. The number of hydrogen-bond acceptors (Lipinski definition) is 6. The first kappa shape index (κ1) is 22.1. The molecule has 6 rings (SSSR count). The normalized spacial score (nSPS) is 26.1. The molecule has 4 aliphatic rings. The lowest BCUT2D eigenvalue weighted by Gasteiger charge is -2.46. The standard InChI is InChI=1S/C28H31N5O2/c1-18-24(14-27(34)35)28(32-22-11-12-23(32)17-31(2)16-22)33-26(29-18)15-25(30-33)21-10-6-9-20(13-21)19-7-4-3-5-8-19/h3-10,13,15,22-23,25,30H,11-12,14,16-17H2,1-2H3,(H,34,35). The van der Waals surface area contributed by atoms with E-state index in [0.29, 0.717) is 12.1 Å². The number of carbonyl (C=O) groups is 1. The third-order valence-electron chi connectivity index (χ3n) is 7.60. The molecule has 4 heterocycles. The highest BCUT2D eigenvalue weighted by Gasteiger charge is 2.45. The van der Waals surface area contributed by atoms with Crippen LogP contribution in [0, 0.1) is 0 Å². The van der Waals surface area contributed by atoms with Gasteiger partial charge in [-0.25, -0.2) is 15.4 Å². The van der Waals surface area contributed by atoms with E-state index in [4.69, 9.17) is 4.99 Å². The second-order valence-electron chi connectivity index (χ2n) is 10.0. The molecular weight excluding hydrogens is 438 g/mol. The number of aliphatic imine (C=N–C) groups is 1. The van der Waals surface area contributed by atoms with Crippen LogP contribution in [-0.4, -0.2) is 63.8 Å². The molecule has 0 aromatic heterocycles. The van der Waals surface area contributed by atoms with Crippen molar-refractivity contribution < 1.29 is 9.90 Å². The highest BCUT2D eigenvalue weighted by Crippen LogP contribution is 2.41. The average molecular weight is 470 g/mol. The van der Waals surface area contributed by atoms with Crippen LogP contribution in [-0.2, 0) is 4.79 Å². The number of hydrazine groups is 1. The van der Waals surface area contributed by atoms with Crippen molar-refractivity contribution in [3.63, 3.8) is 0 Å². The summed E-state index contributed by atoms with van der Waals surface area (Å²) in [6, 6.07) is 19.7. The van der Waals surface area contributed by atoms with Crippen LogP contribution in [0.2, 0.25) is 0 Å². The van der Waals surface area contributed by atoms with E-state index in [-0.39, 0.29) is 12.5 Å². The van der Waals surface area contributed by atoms with Gasteiger partial charge in [-0.2, -0.15) is 0 Å². The largest absolute Gasteiger partial charge is 0.481 e. The molecule has 35 heavy (non-hydrogen) atoms. The van der Waals surface area contributed by atoms with Crippen LogP contribution in [0.4, 0.5) is 0 Å². The van der Waals surface area contributed by atoms with Gasteiger partial charge >= 0.3 is 5.97 Å². The lowest BCUT2D eigenvalue weighted by molar-refractivity contribution is -0.136. The molecule has 180 valence electrons. The third kappa shape index (κ3) is 3.94. The Bertz CT molecular complexity index is 1240. The topological polar surface area (TPSA) is 71.4 Å². The molecular formula is C28H31N5O2. The number of fused-ring (bicyclic) bond motifs is 3. The summed E-state index contributed by atoms with van der Waals surface area (Å²) in [5, 5.41) is 11.8. The predicted octanol–water partition coefficient (Wildman–Crippen LogP) is 4.00. The molecule has 0 aliphatic carbocycles. The van der Waals surface area contributed by atoms with Crippen molar-refractivity contribution in [1.82, 2.24) is 20.2 Å². The fraction of sp³-hybridized carbons (Fsp3) is 0.357. The van der Waals surface area contributed by atoms with Crippen LogP contribution in [0.5, 0.6) is 0 Å². The summed E-state index contributed by atoms with van der Waals surface area (Å²) in [7, 11) is 2.18. The van der Waals surface area contributed by atoms with E-state index in [2.05, 4.69) is 81.9 Å². The van der Waals surface area contributed by atoms with Gasteiger partial charge in [-0.3, -0.25) is 4.79 Å². The van der Waals surface area contributed by atoms with Gasteiger partial charge in [-0.1, -0.05) is 48.5 Å². The minimum Gasteiger partial charge on any atom is -0.481 e. The zero-order valence-electron chi connectivity index (χ0n) is 20.2. The van der Waals surface area contributed by atoms with Crippen molar-refractivity contribution in [2.24, 2.45) is 4.99 Å². The van der Waals surface area contributed by atoms with E-state index in [9.17, 15) is 9.90 Å². The minimum absolute atomic E-state index is 0.0317. The van der Waals surface area contributed by atoms with E-state index in [0.717, 1.165) is 54.4 Å². The maximum atomic E-state index is 11.9. The molecule has 0 saturated carbocycles. The van der Waals surface area contributed by atoms with E-state index in [1.54, 1.807) is 0 Å². The molecule has 7 heteroatoms. The van der Waals surface area contributed by atoms with Crippen LogP contribution in [0.15, 0.2) is 82.9 Å². The number of carboxylic acids is 1. The van der Waals surface area contributed by atoms with Gasteiger partial charge < -0.3 is 14.9 Å². The molecule has 3 unspecified atom stereocenters. The molecule has 0 spiro atoms. The molecule has 2 fully saturated rings. The Morgan fingerprint density at radius 3 is 2.49 bits per heavy atom. The van der Waals surface area contributed by atoms with Crippen molar-refractivity contribution in [1.29, 1.82) is 0 Å². The Balaban J connectivity index is 1.37. The number of rotatable bonds is 5. The average Bonchev–Trinajstić information content (AvgIpc) is 3.38. The monoisotopic (exact) mass is 469 g/mol. The number of benzene rings is 2. The van der Waals surface area contributed by atoms with E-state index in [1.807, 2.05) is 13.0 Å². The Morgan fingerprint density at radius 2 is 1.77 bits per heavy atom. The molecule has 3 atom stereocenters. The predicted molar refractivity (Wildman–Crippen MR) is 136 cm³/mol. The molecule has 2 aromatic rings. The quantitative estimate of drug-likeness (QED) is 0.690. The van der Waals surface area contributed by atoms with E-state index in [1.165, 1.54) is 11.1 Å². The summed E-state index contributed by atoms with van der Waals surface area (Å²) >= 11 is 0. The fourth-order valence-corrected chi connectivity index (χ4v) is 6.06. The number of nitrogens with one attached hydrogen (secondary N) is 1. The van der Waals surface area contributed by atoms with Gasteiger partial charge in [0.25, 0.3) is 0 Å². The maximum Gasteiger partial charge on any atom is 0.308 e. The Hall–Kier alpha value is -3.42. The minimum atomic E-state index is -0.827. The van der Waals surface area contributed by atoms with Gasteiger partial charge in [0.05, 0.1) is 12.5 Å². The number of piperazine rings is 1. The van der Waals surface area contributed by atoms with Gasteiger partial charge in [0.1, 0.15) is 11.6 Å². The van der Waals surface area contributed by atoms with Crippen LogP contribution < -0.4 is 5.43 Å². The molecule has 2 saturated heterocycles. The second-order valence-corrected chi connectivity index (χ2v) is 10.0. The zero-order chi connectivity index (χ0) is 24.1. The Kier molecular flexibility index (Phi) is 5.46. The van der Waals surface area contributed by atoms with Gasteiger partial charge in [-0.05, 0) is 55.6 Å². The molecule has 7 nitrogen and oxygen atoms in total. The van der Waals surface area contributed by atoms with E-state index >= 15 is 0 Å². The molecule has 0 radical (unpaired) electrons. The number of carboxylic acid groups (broad SMARTS) is 1. The van der Waals surface area contributed by atoms with Crippen molar-refractivity contribution in [3.8, 4) is 11.1 Å². The number of hydrogen-bond donors (Lipinski definition) is 2. The van der Waals surface area contributed by atoms with Crippen molar-refractivity contribution in [2.75, 3.05) is 20.1 Å². The lowest BCUT2D eigenvalue weighted by atomic mass is 10.00. The van der Waals surface area contributed by atoms with Crippen LogP contribution in [0.1, 0.15) is 37.8 Å². The first-order valence-electron chi connectivity index (χ1n) is 12.4. The maximum absolute atomic E-state index is 11.9. The Morgan fingerprint density at radius 1 is 1.06 bits per heavy atom. The summed E-state index contributed by atoms with van der Waals surface area (Å²) in [6.45, 7) is 3.93.